The van der Waals surface area contributed by atoms with Gasteiger partial charge in [-0.1, -0.05) is 29.5 Å². The molecule has 3 nitrogen and oxygen atoms in total. The van der Waals surface area contributed by atoms with E-state index in [0.717, 1.165) is 10.4 Å². The summed E-state index contributed by atoms with van der Waals surface area (Å²) in [4.78, 5) is 12.9. The van der Waals surface area contributed by atoms with Gasteiger partial charge < -0.3 is 10.4 Å². The first-order valence-electron chi connectivity index (χ1n) is 5.86. The van der Waals surface area contributed by atoms with Gasteiger partial charge in [-0.3, -0.25) is 4.79 Å². The summed E-state index contributed by atoms with van der Waals surface area (Å²) in [6, 6.07) is 7.04. The van der Waals surface area contributed by atoms with Gasteiger partial charge >= 0.3 is 0 Å². The van der Waals surface area contributed by atoms with Crippen molar-refractivity contribution >= 4 is 34.5 Å². The van der Waals surface area contributed by atoms with Crippen LogP contribution in [0.3, 0.4) is 0 Å². The molecule has 20 heavy (non-hydrogen) atoms. The van der Waals surface area contributed by atoms with E-state index in [1.54, 1.807) is 23.6 Å². The zero-order valence-corrected chi connectivity index (χ0v) is 12.3. The van der Waals surface area contributed by atoms with Gasteiger partial charge in [0.05, 0.1) is 10.4 Å². The Morgan fingerprint density at radius 3 is 3.00 bits per heavy atom. The highest BCUT2D eigenvalue weighted by atomic mass is 35.5. The van der Waals surface area contributed by atoms with Gasteiger partial charge in [0.15, 0.2) is 0 Å². The van der Waals surface area contributed by atoms with Gasteiger partial charge in [0.1, 0.15) is 6.61 Å². The maximum Gasteiger partial charge on any atom is 0.256 e. The average molecular weight is 306 g/mol. The molecular weight excluding hydrogens is 294 g/mol. The Labute approximate surface area is 126 Å². The molecule has 1 aromatic heterocycles. The van der Waals surface area contributed by atoms with Crippen molar-refractivity contribution in [2.24, 2.45) is 0 Å². The van der Waals surface area contributed by atoms with Crippen molar-refractivity contribution in [1.29, 1.82) is 0 Å². The monoisotopic (exact) mass is 305 g/mol. The maximum absolute atomic E-state index is 12.1. The number of amides is 1. The van der Waals surface area contributed by atoms with E-state index in [-0.39, 0.29) is 12.5 Å². The van der Waals surface area contributed by atoms with Crippen molar-refractivity contribution in [2.75, 3.05) is 11.9 Å². The van der Waals surface area contributed by atoms with Gasteiger partial charge in [-0.05, 0) is 30.7 Å². The van der Waals surface area contributed by atoms with Crippen molar-refractivity contribution in [1.82, 2.24) is 0 Å². The molecule has 5 heteroatoms. The van der Waals surface area contributed by atoms with Crippen LogP contribution in [0.1, 0.15) is 20.8 Å². The summed E-state index contributed by atoms with van der Waals surface area (Å²) in [5, 5.41) is 13.8. The molecule has 0 aliphatic rings. The van der Waals surface area contributed by atoms with Gasteiger partial charge in [-0.2, -0.15) is 0 Å². The van der Waals surface area contributed by atoms with E-state index < -0.39 is 0 Å². The predicted octanol–water partition coefficient (Wildman–Crippen LogP) is 3.31. The Morgan fingerprint density at radius 2 is 2.25 bits per heavy atom. The lowest BCUT2D eigenvalue weighted by Crippen LogP contribution is -2.11. The highest BCUT2D eigenvalue weighted by molar-refractivity contribution is 7.10. The molecule has 0 aliphatic carbocycles. The highest BCUT2D eigenvalue weighted by Crippen LogP contribution is 2.22. The first-order chi connectivity index (χ1) is 9.60. The summed E-state index contributed by atoms with van der Waals surface area (Å²) >= 11 is 7.28. The quantitative estimate of drug-likeness (QED) is 0.836. The van der Waals surface area contributed by atoms with Gasteiger partial charge in [0, 0.05) is 16.1 Å². The fourth-order valence-corrected chi connectivity index (χ4v) is 2.50. The molecule has 2 aromatic rings. The van der Waals surface area contributed by atoms with Crippen molar-refractivity contribution in [2.45, 2.75) is 6.92 Å². The number of aliphatic hydroxyl groups is 1. The van der Waals surface area contributed by atoms with Gasteiger partial charge in [0.2, 0.25) is 0 Å². The number of hydrogen-bond acceptors (Lipinski definition) is 3. The molecule has 1 aromatic carbocycles. The number of aliphatic hydroxyl groups excluding tert-OH is 1. The smallest absolute Gasteiger partial charge is 0.256 e. The Hall–Kier alpha value is -1.80. The Balaban J connectivity index is 2.15. The van der Waals surface area contributed by atoms with Crippen molar-refractivity contribution in [3.8, 4) is 11.8 Å². The molecule has 0 aliphatic heterocycles. The van der Waals surface area contributed by atoms with E-state index in [1.165, 1.54) is 11.3 Å². The van der Waals surface area contributed by atoms with E-state index >= 15 is 0 Å². The third-order valence-corrected chi connectivity index (χ3v) is 3.68. The summed E-state index contributed by atoms with van der Waals surface area (Å²) < 4.78 is 0. The number of aryl methyl sites for hydroxylation is 1. The molecule has 0 saturated heterocycles. The van der Waals surface area contributed by atoms with E-state index in [0.29, 0.717) is 16.3 Å². The third kappa shape index (κ3) is 3.61. The molecule has 102 valence electrons. The van der Waals surface area contributed by atoms with Crippen LogP contribution in [0.2, 0.25) is 5.02 Å². The van der Waals surface area contributed by atoms with E-state index in [9.17, 15) is 4.79 Å². The van der Waals surface area contributed by atoms with Crippen molar-refractivity contribution < 1.29 is 9.90 Å². The normalized spacial score (nSPS) is 9.75. The number of benzene rings is 1. The minimum absolute atomic E-state index is 0.193. The van der Waals surface area contributed by atoms with Crippen molar-refractivity contribution in [3.63, 3.8) is 0 Å². The first kappa shape index (κ1) is 14.6. The van der Waals surface area contributed by atoms with Crippen LogP contribution in [0.25, 0.3) is 0 Å². The summed E-state index contributed by atoms with van der Waals surface area (Å²) in [6.07, 6.45) is 0. The molecule has 0 unspecified atom stereocenters. The molecule has 0 atom stereocenters. The summed E-state index contributed by atoms with van der Waals surface area (Å²) in [5.74, 6) is 5.12. The Kier molecular flexibility index (Phi) is 4.80. The largest absolute Gasteiger partial charge is 0.384 e. The number of hydrogen-bond donors (Lipinski definition) is 2. The Morgan fingerprint density at radius 1 is 1.45 bits per heavy atom. The molecule has 1 amide bonds. The van der Waals surface area contributed by atoms with Crippen molar-refractivity contribution in [3.05, 3.63) is 50.7 Å². The fraction of sp³-hybridized carbons (Fsp3) is 0.133. The van der Waals surface area contributed by atoms with E-state index in [1.807, 2.05) is 13.0 Å². The standard InChI is InChI=1S/C15H12ClNO2S/c1-10-4-5-12(16)8-14(10)17-15(19)11-7-13(20-9-11)3-2-6-18/h4-5,7-9,18H,6H2,1H3,(H,17,19). The number of rotatable bonds is 2. The lowest BCUT2D eigenvalue weighted by Gasteiger charge is -2.07. The van der Waals surface area contributed by atoms with Gasteiger partial charge in [-0.15, -0.1) is 11.3 Å². The number of halogens is 1. The average Bonchev–Trinajstić information content (AvgIpc) is 2.89. The molecule has 2 rings (SSSR count). The minimum atomic E-state index is -0.205. The molecule has 0 fully saturated rings. The van der Waals surface area contributed by atoms with Crippen LogP contribution in [-0.2, 0) is 0 Å². The highest BCUT2D eigenvalue weighted by Gasteiger charge is 2.10. The summed E-state index contributed by atoms with van der Waals surface area (Å²) in [7, 11) is 0. The third-order valence-electron chi connectivity index (χ3n) is 2.60. The second kappa shape index (κ2) is 6.58. The number of carbonyl (C=O) groups excluding carboxylic acids is 1. The van der Waals surface area contributed by atoms with Crippen LogP contribution in [0.4, 0.5) is 5.69 Å². The van der Waals surface area contributed by atoms with Crippen LogP contribution in [-0.4, -0.2) is 17.6 Å². The van der Waals surface area contributed by atoms with Crippen LogP contribution in [0, 0.1) is 18.8 Å². The minimum Gasteiger partial charge on any atom is -0.384 e. The molecular formula is C15H12ClNO2S. The Bertz CT molecular complexity index is 697. The SMILES string of the molecule is Cc1ccc(Cl)cc1NC(=O)c1csc(C#CCO)c1. The van der Waals surface area contributed by atoms with Crippen LogP contribution >= 0.6 is 22.9 Å². The number of nitrogens with one attached hydrogen (secondary N) is 1. The van der Waals surface area contributed by atoms with E-state index in [4.69, 9.17) is 16.7 Å². The molecule has 0 bridgehead atoms. The summed E-state index contributed by atoms with van der Waals surface area (Å²) in [5.41, 5.74) is 2.17. The van der Waals surface area contributed by atoms with Gasteiger partial charge in [-0.25, -0.2) is 0 Å². The molecule has 0 radical (unpaired) electrons. The zero-order valence-electron chi connectivity index (χ0n) is 10.7. The second-order valence-electron chi connectivity index (χ2n) is 4.07. The maximum atomic E-state index is 12.1. The number of carbonyl (C=O) groups is 1. The number of anilines is 1. The summed E-state index contributed by atoms with van der Waals surface area (Å²) in [6.45, 7) is 1.71. The molecule has 0 spiro atoms. The topological polar surface area (TPSA) is 49.3 Å². The van der Waals surface area contributed by atoms with Crippen LogP contribution in [0.5, 0.6) is 0 Å². The van der Waals surface area contributed by atoms with Gasteiger partial charge in [0.25, 0.3) is 5.91 Å². The number of thiophene rings is 1. The molecule has 1 heterocycles. The second-order valence-corrected chi connectivity index (χ2v) is 5.42. The van der Waals surface area contributed by atoms with Crippen LogP contribution in [0.15, 0.2) is 29.6 Å². The molecule has 0 saturated carbocycles. The lowest BCUT2D eigenvalue weighted by atomic mass is 10.2. The predicted molar refractivity (Wildman–Crippen MR) is 82.4 cm³/mol. The zero-order chi connectivity index (χ0) is 14.5. The van der Waals surface area contributed by atoms with Crippen LogP contribution < -0.4 is 5.32 Å². The first-order valence-corrected chi connectivity index (χ1v) is 7.11. The van der Waals surface area contributed by atoms with E-state index in [2.05, 4.69) is 17.2 Å². The fourth-order valence-electron chi connectivity index (χ4n) is 1.57. The lowest BCUT2D eigenvalue weighted by molar-refractivity contribution is 0.102. The molecule has 2 N–H and O–H groups in total.